The van der Waals surface area contributed by atoms with Gasteiger partial charge in [0.15, 0.2) is 0 Å². The minimum absolute atomic E-state index is 0.412. The van der Waals surface area contributed by atoms with Crippen LogP contribution in [0.15, 0.2) is 18.5 Å². The van der Waals surface area contributed by atoms with E-state index in [0.29, 0.717) is 11.6 Å². The van der Waals surface area contributed by atoms with Crippen LogP contribution in [0.4, 0.5) is 0 Å². The number of nitrogens with one attached hydrogen (secondary N) is 1. The van der Waals surface area contributed by atoms with E-state index in [1.807, 2.05) is 16.9 Å². The summed E-state index contributed by atoms with van der Waals surface area (Å²) in [5, 5.41) is 8.15. The van der Waals surface area contributed by atoms with Gasteiger partial charge in [0.2, 0.25) is 0 Å². The lowest BCUT2D eigenvalue weighted by Gasteiger charge is -2.49. The van der Waals surface area contributed by atoms with Gasteiger partial charge in [0.1, 0.15) is 0 Å². The Balaban J connectivity index is 1.59. The van der Waals surface area contributed by atoms with Gasteiger partial charge in [-0.1, -0.05) is 19.3 Å². The largest absolute Gasteiger partial charge is 0.308 e. The lowest BCUT2D eigenvalue weighted by molar-refractivity contribution is 0.0596. The Kier molecular flexibility index (Phi) is 3.89. The summed E-state index contributed by atoms with van der Waals surface area (Å²) in [5.41, 5.74) is 0.412. The zero-order valence-corrected chi connectivity index (χ0v) is 12.0. The molecule has 0 amide bonds. The van der Waals surface area contributed by atoms with Gasteiger partial charge in [0.05, 0.1) is 6.54 Å². The minimum atomic E-state index is 0.412. The fourth-order valence-corrected chi connectivity index (χ4v) is 3.62. The molecule has 1 aromatic rings. The van der Waals surface area contributed by atoms with Crippen LogP contribution in [-0.4, -0.2) is 45.9 Å². The van der Waals surface area contributed by atoms with Crippen molar-refractivity contribution in [1.82, 2.24) is 20.0 Å². The van der Waals surface area contributed by atoms with Gasteiger partial charge in [-0.15, -0.1) is 0 Å². The van der Waals surface area contributed by atoms with Crippen LogP contribution in [0.2, 0.25) is 0 Å². The van der Waals surface area contributed by atoms with Gasteiger partial charge >= 0.3 is 0 Å². The highest BCUT2D eigenvalue weighted by molar-refractivity contribution is 4.98. The smallest absolute Gasteiger partial charge is 0.0536 e. The first-order valence-electron chi connectivity index (χ1n) is 7.74. The second-order valence-electron chi connectivity index (χ2n) is 6.31. The molecule has 1 atom stereocenters. The average molecular weight is 262 g/mol. The Morgan fingerprint density at radius 2 is 2.11 bits per heavy atom. The quantitative estimate of drug-likeness (QED) is 0.903. The molecular weight excluding hydrogens is 236 g/mol. The van der Waals surface area contributed by atoms with Crippen molar-refractivity contribution in [2.45, 2.75) is 57.2 Å². The van der Waals surface area contributed by atoms with Crippen molar-refractivity contribution in [2.75, 3.05) is 19.6 Å². The molecule has 106 valence electrons. The molecule has 1 spiro atoms. The summed E-state index contributed by atoms with van der Waals surface area (Å²) < 4.78 is 2.04. The molecule has 4 heteroatoms. The van der Waals surface area contributed by atoms with Crippen LogP contribution < -0.4 is 5.32 Å². The number of hydrogen-bond acceptors (Lipinski definition) is 3. The fourth-order valence-electron chi connectivity index (χ4n) is 3.62. The Labute approximate surface area is 116 Å². The van der Waals surface area contributed by atoms with E-state index in [9.17, 15) is 0 Å². The SMILES string of the molecule is CC1CNC2(CCCCC2)CN1CCn1cccn1. The van der Waals surface area contributed by atoms with Crippen LogP contribution in [0.5, 0.6) is 0 Å². The molecule has 2 aliphatic rings. The molecule has 1 unspecified atom stereocenters. The minimum Gasteiger partial charge on any atom is -0.308 e. The van der Waals surface area contributed by atoms with E-state index in [-0.39, 0.29) is 0 Å². The molecule has 19 heavy (non-hydrogen) atoms. The lowest BCUT2D eigenvalue weighted by Crippen LogP contribution is -2.64. The van der Waals surface area contributed by atoms with E-state index < -0.39 is 0 Å². The summed E-state index contributed by atoms with van der Waals surface area (Å²) in [6.45, 7) is 6.82. The van der Waals surface area contributed by atoms with Crippen LogP contribution in [-0.2, 0) is 6.54 Å². The van der Waals surface area contributed by atoms with E-state index in [1.165, 1.54) is 38.6 Å². The van der Waals surface area contributed by atoms with Crippen LogP contribution in [0.1, 0.15) is 39.0 Å². The molecule has 3 rings (SSSR count). The third kappa shape index (κ3) is 3.00. The van der Waals surface area contributed by atoms with E-state index in [4.69, 9.17) is 0 Å². The number of nitrogens with zero attached hydrogens (tertiary/aromatic N) is 3. The highest BCUT2D eigenvalue weighted by Crippen LogP contribution is 2.31. The summed E-state index contributed by atoms with van der Waals surface area (Å²) >= 11 is 0. The van der Waals surface area contributed by atoms with Crippen LogP contribution >= 0.6 is 0 Å². The maximum Gasteiger partial charge on any atom is 0.0536 e. The summed E-state index contributed by atoms with van der Waals surface area (Å²) in [6, 6.07) is 2.65. The monoisotopic (exact) mass is 262 g/mol. The number of piperazine rings is 1. The first-order valence-corrected chi connectivity index (χ1v) is 7.74. The van der Waals surface area contributed by atoms with Crippen molar-refractivity contribution in [3.8, 4) is 0 Å². The molecule has 1 aromatic heterocycles. The highest BCUT2D eigenvalue weighted by atomic mass is 15.3. The van der Waals surface area contributed by atoms with E-state index in [1.54, 1.807) is 0 Å². The summed E-state index contributed by atoms with van der Waals surface area (Å²) in [4.78, 5) is 2.66. The summed E-state index contributed by atoms with van der Waals surface area (Å²) in [6.07, 6.45) is 10.9. The van der Waals surface area contributed by atoms with Crippen molar-refractivity contribution in [1.29, 1.82) is 0 Å². The van der Waals surface area contributed by atoms with Crippen molar-refractivity contribution in [2.24, 2.45) is 0 Å². The first-order chi connectivity index (χ1) is 9.27. The van der Waals surface area contributed by atoms with Gasteiger partial charge in [-0.2, -0.15) is 5.10 Å². The van der Waals surface area contributed by atoms with E-state index >= 15 is 0 Å². The van der Waals surface area contributed by atoms with Crippen LogP contribution in [0.3, 0.4) is 0 Å². The maximum absolute atomic E-state index is 4.30. The highest BCUT2D eigenvalue weighted by Gasteiger charge is 2.38. The summed E-state index contributed by atoms with van der Waals surface area (Å²) in [5.74, 6) is 0. The topological polar surface area (TPSA) is 33.1 Å². The Hall–Kier alpha value is -0.870. The predicted molar refractivity (Wildman–Crippen MR) is 77.1 cm³/mol. The molecular formula is C15H26N4. The second-order valence-corrected chi connectivity index (χ2v) is 6.31. The zero-order valence-electron chi connectivity index (χ0n) is 12.0. The van der Waals surface area contributed by atoms with Gasteiger partial charge in [0, 0.05) is 43.6 Å². The number of rotatable bonds is 3. The van der Waals surface area contributed by atoms with Gasteiger partial charge in [-0.3, -0.25) is 9.58 Å². The first kappa shape index (κ1) is 13.1. The van der Waals surface area contributed by atoms with Crippen LogP contribution in [0.25, 0.3) is 0 Å². The predicted octanol–water partition coefficient (Wildman–Crippen LogP) is 1.88. The lowest BCUT2D eigenvalue weighted by atomic mass is 9.79. The van der Waals surface area contributed by atoms with Gasteiger partial charge in [-0.05, 0) is 25.8 Å². The molecule has 2 fully saturated rings. The van der Waals surface area contributed by atoms with Crippen molar-refractivity contribution < 1.29 is 0 Å². The maximum atomic E-state index is 4.30. The molecule has 0 bridgehead atoms. The third-order valence-electron chi connectivity index (χ3n) is 4.89. The average Bonchev–Trinajstić information content (AvgIpc) is 2.94. The Morgan fingerprint density at radius 3 is 2.84 bits per heavy atom. The van der Waals surface area contributed by atoms with Gasteiger partial charge < -0.3 is 5.32 Å². The van der Waals surface area contributed by atoms with Crippen LogP contribution in [0, 0.1) is 0 Å². The molecule has 1 saturated heterocycles. The second kappa shape index (κ2) is 5.63. The van der Waals surface area contributed by atoms with Crippen molar-refractivity contribution in [3.63, 3.8) is 0 Å². The van der Waals surface area contributed by atoms with Gasteiger partial charge in [0.25, 0.3) is 0 Å². The fraction of sp³-hybridized carbons (Fsp3) is 0.800. The zero-order chi connectivity index (χ0) is 13.1. The third-order valence-corrected chi connectivity index (χ3v) is 4.89. The summed E-state index contributed by atoms with van der Waals surface area (Å²) in [7, 11) is 0. The van der Waals surface area contributed by atoms with E-state index in [2.05, 4.69) is 28.4 Å². The Bertz CT molecular complexity index is 381. The Morgan fingerprint density at radius 1 is 1.26 bits per heavy atom. The standard InChI is InChI=1S/C15H26N4/c1-14-12-16-15(6-3-2-4-7-15)13-18(14)10-11-19-9-5-8-17-19/h5,8-9,14,16H,2-4,6-7,10-13H2,1H3. The molecule has 0 radical (unpaired) electrons. The molecule has 1 saturated carbocycles. The molecule has 1 aliphatic carbocycles. The number of aromatic nitrogens is 2. The molecule has 2 heterocycles. The van der Waals surface area contributed by atoms with Crippen molar-refractivity contribution in [3.05, 3.63) is 18.5 Å². The number of hydrogen-bond donors (Lipinski definition) is 1. The normalized spacial score (nSPS) is 27.7. The van der Waals surface area contributed by atoms with Gasteiger partial charge in [-0.25, -0.2) is 0 Å². The molecule has 4 nitrogen and oxygen atoms in total. The molecule has 1 aliphatic heterocycles. The van der Waals surface area contributed by atoms with Crippen molar-refractivity contribution >= 4 is 0 Å². The molecule has 1 N–H and O–H groups in total. The molecule has 0 aromatic carbocycles. The van der Waals surface area contributed by atoms with E-state index in [0.717, 1.165) is 19.6 Å².